The van der Waals surface area contributed by atoms with E-state index >= 15 is 0 Å². The average Bonchev–Trinajstić information content (AvgIpc) is 2.84. The van der Waals surface area contributed by atoms with Gasteiger partial charge in [0.1, 0.15) is 0 Å². The maximum absolute atomic E-state index is 12.5. The number of hydrogen-bond acceptors (Lipinski definition) is 6. The lowest BCUT2D eigenvalue weighted by atomic mass is 10.1. The highest BCUT2D eigenvalue weighted by molar-refractivity contribution is 7.89. The number of ether oxygens (including phenoxy) is 2. The fraction of sp³-hybridized carbons (Fsp3) is 0.458. The standard InChI is InChI=1S/C24H33N3O5S/c1-4-33(29,30)27-15-13-26(14-16-27)18-20-5-8-21(9-6-20)24(28)25-12-11-19-7-10-22(31-2)23(17-19)32-3/h5-10,17H,4,11-16,18H2,1-3H3,(H,25,28). The van der Waals surface area contributed by atoms with Crippen LogP contribution in [0.25, 0.3) is 0 Å². The van der Waals surface area contributed by atoms with E-state index in [2.05, 4.69) is 10.2 Å². The minimum absolute atomic E-state index is 0.111. The van der Waals surface area contributed by atoms with E-state index in [-0.39, 0.29) is 11.7 Å². The molecule has 33 heavy (non-hydrogen) atoms. The Kier molecular flexibility index (Phi) is 8.71. The number of nitrogens with one attached hydrogen (secondary N) is 1. The van der Waals surface area contributed by atoms with Crippen molar-refractivity contribution in [2.24, 2.45) is 0 Å². The van der Waals surface area contributed by atoms with Gasteiger partial charge in [0.25, 0.3) is 5.91 Å². The van der Waals surface area contributed by atoms with Crippen LogP contribution < -0.4 is 14.8 Å². The summed E-state index contributed by atoms with van der Waals surface area (Å²) in [5, 5.41) is 2.96. The van der Waals surface area contributed by atoms with Crippen molar-refractivity contribution in [1.82, 2.24) is 14.5 Å². The number of hydrogen-bond donors (Lipinski definition) is 1. The molecule has 8 nitrogen and oxygen atoms in total. The Morgan fingerprint density at radius 3 is 2.18 bits per heavy atom. The Labute approximate surface area is 196 Å². The zero-order chi connectivity index (χ0) is 23.8. The molecule has 0 atom stereocenters. The maximum atomic E-state index is 12.5. The van der Waals surface area contributed by atoms with Crippen molar-refractivity contribution >= 4 is 15.9 Å². The van der Waals surface area contributed by atoms with E-state index in [1.807, 2.05) is 42.5 Å². The normalized spacial score (nSPS) is 15.2. The number of sulfonamides is 1. The summed E-state index contributed by atoms with van der Waals surface area (Å²) in [6.45, 7) is 5.39. The lowest BCUT2D eigenvalue weighted by Gasteiger charge is -2.33. The molecule has 0 unspecified atom stereocenters. The number of rotatable bonds is 10. The molecule has 1 N–H and O–H groups in total. The first-order valence-corrected chi connectivity index (χ1v) is 12.8. The molecule has 1 heterocycles. The van der Waals surface area contributed by atoms with Gasteiger partial charge in [-0.15, -0.1) is 0 Å². The molecule has 0 radical (unpaired) electrons. The third-order valence-corrected chi connectivity index (χ3v) is 7.74. The fourth-order valence-electron chi connectivity index (χ4n) is 3.83. The quantitative estimate of drug-likeness (QED) is 0.567. The van der Waals surface area contributed by atoms with Crippen LogP contribution in [0.15, 0.2) is 42.5 Å². The molecule has 9 heteroatoms. The van der Waals surface area contributed by atoms with Crippen LogP contribution in [0.2, 0.25) is 0 Å². The van der Waals surface area contributed by atoms with Crippen molar-refractivity contribution in [1.29, 1.82) is 0 Å². The van der Waals surface area contributed by atoms with Gasteiger partial charge in [-0.05, 0) is 48.7 Å². The molecule has 1 amide bonds. The predicted octanol–water partition coefficient (Wildman–Crippen LogP) is 2.14. The summed E-state index contributed by atoms with van der Waals surface area (Å²) in [7, 11) is 0.0868. The highest BCUT2D eigenvalue weighted by Gasteiger charge is 2.25. The van der Waals surface area contributed by atoms with Crippen LogP contribution in [0.3, 0.4) is 0 Å². The van der Waals surface area contributed by atoms with E-state index in [9.17, 15) is 13.2 Å². The number of nitrogens with zero attached hydrogens (tertiary/aromatic N) is 2. The predicted molar refractivity (Wildman–Crippen MR) is 128 cm³/mol. The molecule has 1 aliphatic heterocycles. The monoisotopic (exact) mass is 475 g/mol. The second kappa shape index (κ2) is 11.5. The van der Waals surface area contributed by atoms with Crippen LogP contribution in [-0.2, 0) is 23.0 Å². The van der Waals surface area contributed by atoms with Crippen molar-refractivity contribution < 1.29 is 22.7 Å². The third kappa shape index (κ3) is 6.69. The molecule has 1 aliphatic rings. The van der Waals surface area contributed by atoms with Crippen molar-refractivity contribution in [3.05, 3.63) is 59.2 Å². The van der Waals surface area contributed by atoms with E-state index in [4.69, 9.17) is 9.47 Å². The van der Waals surface area contributed by atoms with E-state index in [1.165, 1.54) is 0 Å². The molecular formula is C24H33N3O5S. The number of carbonyl (C=O) groups excluding carboxylic acids is 1. The highest BCUT2D eigenvalue weighted by Crippen LogP contribution is 2.27. The van der Waals surface area contributed by atoms with Gasteiger partial charge >= 0.3 is 0 Å². The third-order valence-electron chi connectivity index (χ3n) is 5.86. The number of methoxy groups -OCH3 is 2. The average molecular weight is 476 g/mol. The van der Waals surface area contributed by atoms with Crippen LogP contribution in [-0.4, -0.2) is 76.2 Å². The second-order valence-electron chi connectivity index (χ2n) is 7.97. The van der Waals surface area contributed by atoms with E-state index < -0.39 is 10.0 Å². The SMILES string of the molecule is CCS(=O)(=O)N1CCN(Cc2ccc(C(=O)NCCc3ccc(OC)c(OC)c3)cc2)CC1. The summed E-state index contributed by atoms with van der Waals surface area (Å²) in [6, 6.07) is 13.3. The Hall–Kier alpha value is -2.62. The summed E-state index contributed by atoms with van der Waals surface area (Å²) in [4.78, 5) is 14.7. The fourth-order valence-corrected chi connectivity index (χ4v) is 4.91. The highest BCUT2D eigenvalue weighted by atomic mass is 32.2. The van der Waals surface area contributed by atoms with Gasteiger partial charge in [-0.3, -0.25) is 9.69 Å². The summed E-state index contributed by atoms with van der Waals surface area (Å²) in [5.41, 5.74) is 2.77. The van der Waals surface area contributed by atoms with Gasteiger partial charge in [0, 0.05) is 44.8 Å². The summed E-state index contributed by atoms with van der Waals surface area (Å²) in [6.07, 6.45) is 0.684. The number of amides is 1. The molecule has 0 bridgehead atoms. The lowest BCUT2D eigenvalue weighted by molar-refractivity contribution is 0.0954. The van der Waals surface area contributed by atoms with Crippen molar-refractivity contribution in [3.63, 3.8) is 0 Å². The van der Waals surface area contributed by atoms with E-state index in [0.717, 1.165) is 17.7 Å². The second-order valence-corrected chi connectivity index (χ2v) is 10.2. The molecule has 1 saturated heterocycles. The van der Waals surface area contributed by atoms with Gasteiger partial charge in [-0.25, -0.2) is 8.42 Å². The first-order chi connectivity index (χ1) is 15.9. The minimum Gasteiger partial charge on any atom is -0.493 e. The van der Waals surface area contributed by atoms with E-state index in [1.54, 1.807) is 25.4 Å². The van der Waals surface area contributed by atoms with Crippen molar-refractivity contribution in [2.45, 2.75) is 19.9 Å². The first-order valence-electron chi connectivity index (χ1n) is 11.1. The molecule has 2 aromatic rings. The molecule has 2 aromatic carbocycles. The van der Waals surface area contributed by atoms with Crippen molar-refractivity contribution in [2.75, 3.05) is 52.7 Å². The Balaban J connectivity index is 1.46. The molecule has 0 aliphatic carbocycles. The molecular weight excluding hydrogens is 442 g/mol. The van der Waals surface area contributed by atoms with Gasteiger partial charge in [0.05, 0.1) is 20.0 Å². The lowest BCUT2D eigenvalue weighted by Crippen LogP contribution is -2.48. The van der Waals surface area contributed by atoms with E-state index in [0.29, 0.717) is 56.2 Å². The maximum Gasteiger partial charge on any atom is 0.251 e. The largest absolute Gasteiger partial charge is 0.493 e. The zero-order valence-electron chi connectivity index (χ0n) is 19.5. The van der Waals surface area contributed by atoms with Crippen LogP contribution in [0.5, 0.6) is 11.5 Å². The zero-order valence-corrected chi connectivity index (χ0v) is 20.4. The van der Waals surface area contributed by atoms with Gasteiger partial charge < -0.3 is 14.8 Å². The van der Waals surface area contributed by atoms with Crippen molar-refractivity contribution in [3.8, 4) is 11.5 Å². The summed E-state index contributed by atoms with van der Waals surface area (Å²) < 4.78 is 36.1. The Morgan fingerprint density at radius 1 is 0.939 bits per heavy atom. The van der Waals surface area contributed by atoms with Crippen LogP contribution in [0.1, 0.15) is 28.4 Å². The van der Waals surface area contributed by atoms with Crippen LogP contribution in [0, 0.1) is 0 Å². The molecule has 0 saturated carbocycles. The van der Waals surface area contributed by atoms with Gasteiger partial charge in [-0.2, -0.15) is 4.31 Å². The molecule has 0 spiro atoms. The minimum atomic E-state index is -3.11. The van der Waals surface area contributed by atoms with Crippen LogP contribution >= 0.6 is 0 Å². The Morgan fingerprint density at radius 2 is 1.58 bits per heavy atom. The number of carbonyl (C=O) groups is 1. The Bertz CT molecular complexity index is 1030. The summed E-state index contributed by atoms with van der Waals surface area (Å²) in [5.74, 6) is 1.38. The molecule has 1 fully saturated rings. The topological polar surface area (TPSA) is 88.2 Å². The van der Waals surface area contributed by atoms with Gasteiger partial charge in [0.15, 0.2) is 11.5 Å². The smallest absolute Gasteiger partial charge is 0.251 e. The van der Waals surface area contributed by atoms with Gasteiger partial charge in [-0.1, -0.05) is 18.2 Å². The number of benzene rings is 2. The molecule has 180 valence electrons. The van der Waals surface area contributed by atoms with Crippen LogP contribution in [0.4, 0.5) is 0 Å². The summed E-state index contributed by atoms with van der Waals surface area (Å²) >= 11 is 0. The molecule has 0 aromatic heterocycles. The van der Waals surface area contributed by atoms with Gasteiger partial charge in [0.2, 0.25) is 10.0 Å². The molecule has 3 rings (SSSR count). The first kappa shape index (κ1) is 25.0. The number of piperazine rings is 1.